The Kier molecular flexibility index (Phi) is 5.74. The number of hydrogen-bond acceptors (Lipinski definition) is 3. The van der Waals surface area contributed by atoms with Crippen molar-refractivity contribution in [1.29, 1.82) is 0 Å². The molecule has 0 unspecified atom stereocenters. The zero-order valence-electron chi connectivity index (χ0n) is 17.6. The molecule has 5 rings (SSSR count). The summed E-state index contributed by atoms with van der Waals surface area (Å²) in [7, 11) is 0. The van der Waals surface area contributed by atoms with Crippen LogP contribution in [-0.4, -0.2) is 25.5 Å². The summed E-state index contributed by atoms with van der Waals surface area (Å²) in [6.45, 7) is 0.553. The first-order valence-corrected chi connectivity index (χ1v) is 10.8. The summed E-state index contributed by atoms with van der Waals surface area (Å²) in [5.41, 5.74) is 3.80. The third-order valence-electron chi connectivity index (χ3n) is 5.16. The minimum absolute atomic E-state index is 0.309. The molecule has 0 fully saturated rings. The van der Waals surface area contributed by atoms with Crippen molar-refractivity contribution in [2.45, 2.75) is 6.54 Å². The van der Waals surface area contributed by atoms with Gasteiger partial charge in [0.05, 0.1) is 17.8 Å². The zero-order chi connectivity index (χ0) is 22.6. The molecule has 2 heterocycles. The molecule has 0 saturated heterocycles. The van der Waals surface area contributed by atoms with E-state index in [-0.39, 0.29) is 5.91 Å². The van der Waals surface area contributed by atoms with Crippen molar-refractivity contribution >= 4 is 23.3 Å². The van der Waals surface area contributed by atoms with Gasteiger partial charge in [0.25, 0.3) is 5.91 Å². The standard InChI is InChI=1S/C26H20ClN5O/c27-23-18-31(16-19-10-4-1-5-11-19)30-25(23)28-26(33)22-17-32(21-14-8-3-9-15-21)29-24(22)20-12-6-2-7-13-20/h1-15,17-18H,16H2,(H,28,30,33). The Morgan fingerprint density at radius 3 is 2.15 bits per heavy atom. The number of nitrogens with zero attached hydrogens (tertiary/aromatic N) is 4. The first kappa shape index (κ1) is 20.7. The number of anilines is 1. The normalized spacial score (nSPS) is 10.8. The molecule has 1 amide bonds. The Hall–Kier alpha value is -4.16. The number of benzene rings is 3. The summed E-state index contributed by atoms with van der Waals surface area (Å²) in [5, 5.41) is 12.4. The first-order chi connectivity index (χ1) is 16.2. The average Bonchev–Trinajstić information content (AvgIpc) is 3.45. The Bertz CT molecular complexity index is 1380. The number of para-hydroxylation sites is 1. The molecule has 2 aromatic heterocycles. The quantitative estimate of drug-likeness (QED) is 0.359. The van der Waals surface area contributed by atoms with E-state index in [9.17, 15) is 4.79 Å². The number of amides is 1. The van der Waals surface area contributed by atoms with Gasteiger partial charge in [0.1, 0.15) is 10.7 Å². The summed E-state index contributed by atoms with van der Waals surface area (Å²) >= 11 is 6.38. The van der Waals surface area contributed by atoms with E-state index in [2.05, 4.69) is 10.4 Å². The van der Waals surface area contributed by atoms with Crippen LogP contribution in [0.25, 0.3) is 16.9 Å². The zero-order valence-corrected chi connectivity index (χ0v) is 18.4. The van der Waals surface area contributed by atoms with Gasteiger partial charge in [-0.2, -0.15) is 10.2 Å². The predicted octanol–water partition coefficient (Wildman–Crippen LogP) is 5.69. The van der Waals surface area contributed by atoms with E-state index in [0.29, 0.717) is 28.6 Å². The largest absolute Gasteiger partial charge is 0.304 e. The molecule has 5 aromatic rings. The van der Waals surface area contributed by atoms with Gasteiger partial charge in [0.15, 0.2) is 5.82 Å². The average molecular weight is 454 g/mol. The maximum Gasteiger partial charge on any atom is 0.260 e. The van der Waals surface area contributed by atoms with E-state index in [1.807, 2.05) is 91.0 Å². The SMILES string of the molecule is O=C(Nc1nn(Cc2ccccc2)cc1Cl)c1cn(-c2ccccc2)nc1-c1ccccc1. The fourth-order valence-electron chi connectivity index (χ4n) is 3.57. The van der Waals surface area contributed by atoms with E-state index in [0.717, 1.165) is 16.8 Å². The van der Waals surface area contributed by atoms with Crippen molar-refractivity contribution in [2.75, 3.05) is 5.32 Å². The fourth-order valence-corrected chi connectivity index (χ4v) is 3.77. The maximum atomic E-state index is 13.3. The van der Waals surface area contributed by atoms with Crippen LogP contribution in [0.4, 0.5) is 5.82 Å². The minimum atomic E-state index is -0.331. The number of carbonyl (C=O) groups is 1. The molecule has 3 aromatic carbocycles. The highest BCUT2D eigenvalue weighted by atomic mass is 35.5. The van der Waals surface area contributed by atoms with Crippen molar-refractivity contribution in [1.82, 2.24) is 19.6 Å². The maximum absolute atomic E-state index is 13.3. The van der Waals surface area contributed by atoms with Gasteiger partial charge in [0.2, 0.25) is 0 Å². The highest BCUT2D eigenvalue weighted by molar-refractivity contribution is 6.33. The monoisotopic (exact) mass is 453 g/mol. The van der Waals surface area contributed by atoms with E-state index in [1.165, 1.54) is 0 Å². The molecule has 0 saturated carbocycles. The van der Waals surface area contributed by atoms with E-state index < -0.39 is 0 Å². The molecule has 162 valence electrons. The number of nitrogens with one attached hydrogen (secondary N) is 1. The molecule has 0 bridgehead atoms. The molecule has 0 spiro atoms. The van der Waals surface area contributed by atoms with Crippen molar-refractivity contribution in [3.8, 4) is 16.9 Å². The molecule has 33 heavy (non-hydrogen) atoms. The van der Waals surface area contributed by atoms with Gasteiger partial charge in [-0.05, 0) is 17.7 Å². The third-order valence-corrected chi connectivity index (χ3v) is 5.44. The molecule has 1 N–H and O–H groups in total. The van der Waals surface area contributed by atoms with Crippen LogP contribution in [0.5, 0.6) is 0 Å². The molecular formula is C26H20ClN5O. The molecule has 0 atom stereocenters. The van der Waals surface area contributed by atoms with Crippen LogP contribution in [0.3, 0.4) is 0 Å². The van der Waals surface area contributed by atoms with Crippen LogP contribution < -0.4 is 5.32 Å². The van der Waals surface area contributed by atoms with Gasteiger partial charge in [-0.1, -0.05) is 90.5 Å². The van der Waals surface area contributed by atoms with Crippen LogP contribution in [0, 0.1) is 0 Å². The van der Waals surface area contributed by atoms with Gasteiger partial charge in [0, 0.05) is 18.0 Å². The van der Waals surface area contributed by atoms with Crippen LogP contribution >= 0.6 is 11.6 Å². The van der Waals surface area contributed by atoms with Gasteiger partial charge in [-0.3, -0.25) is 9.48 Å². The Morgan fingerprint density at radius 2 is 1.45 bits per heavy atom. The number of halogens is 1. The lowest BCUT2D eigenvalue weighted by Gasteiger charge is -2.04. The highest BCUT2D eigenvalue weighted by Gasteiger charge is 2.20. The Labute approximate surface area is 196 Å². The summed E-state index contributed by atoms with van der Waals surface area (Å²) in [6.07, 6.45) is 3.43. The molecule has 7 heteroatoms. The van der Waals surface area contributed by atoms with Crippen LogP contribution in [0.2, 0.25) is 5.02 Å². The van der Waals surface area contributed by atoms with Gasteiger partial charge in [-0.15, -0.1) is 0 Å². The predicted molar refractivity (Wildman–Crippen MR) is 130 cm³/mol. The molecule has 0 aliphatic carbocycles. The second kappa shape index (κ2) is 9.14. The first-order valence-electron chi connectivity index (χ1n) is 10.5. The van der Waals surface area contributed by atoms with E-state index in [4.69, 9.17) is 16.7 Å². The van der Waals surface area contributed by atoms with Crippen molar-refractivity contribution in [3.63, 3.8) is 0 Å². The summed E-state index contributed by atoms with van der Waals surface area (Å²) < 4.78 is 3.41. The summed E-state index contributed by atoms with van der Waals surface area (Å²) in [6, 6.07) is 29.2. The van der Waals surface area contributed by atoms with Crippen molar-refractivity contribution in [2.24, 2.45) is 0 Å². The van der Waals surface area contributed by atoms with Crippen molar-refractivity contribution in [3.05, 3.63) is 120 Å². The lowest BCUT2D eigenvalue weighted by molar-refractivity contribution is 0.102. The van der Waals surface area contributed by atoms with Gasteiger partial charge in [-0.25, -0.2) is 4.68 Å². The van der Waals surface area contributed by atoms with Crippen LogP contribution in [0.15, 0.2) is 103 Å². The fraction of sp³-hybridized carbons (Fsp3) is 0.0385. The molecule has 0 radical (unpaired) electrons. The topological polar surface area (TPSA) is 64.7 Å². The van der Waals surface area contributed by atoms with E-state index in [1.54, 1.807) is 21.8 Å². The van der Waals surface area contributed by atoms with Crippen LogP contribution in [-0.2, 0) is 6.54 Å². The number of rotatable bonds is 6. The lowest BCUT2D eigenvalue weighted by Crippen LogP contribution is -2.13. The molecule has 0 aliphatic rings. The highest BCUT2D eigenvalue weighted by Crippen LogP contribution is 2.26. The van der Waals surface area contributed by atoms with Crippen LogP contribution in [0.1, 0.15) is 15.9 Å². The van der Waals surface area contributed by atoms with E-state index >= 15 is 0 Å². The second-order valence-corrected chi connectivity index (χ2v) is 7.91. The van der Waals surface area contributed by atoms with Crippen molar-refractivity contribution < 1.29 is 4.79 Å². The number of carbonyl (C=O) groups excluding carboxylic acids is 1. The number of hydrogen-bond donors (Lipinski definition) is 1. The Balaban J connectivity index is 1.45. The second-order valence-electron chi connectivity index (χ2n) is 7.50. The molecular weight excluding hydrogens is 434 g/mol. The summed E-state index contributed by atoms with van der Waals surface area (Å²) in [4.78, 5) is 13.3. The van der Waals surface area contributed by atoms with Gasteiger partial charge >= 0.3 is 0 Å². The Morgan fingerprint density at radius 1 is 0.818 bits per heavy atom. The third kappa shape index (κ3) is 4.56. The lowest BCUT2D eigenvalue weighted by atomic mass is 10.1. The minimum Gasteiger partial charge on any atom is -0.304 e. The van der Waals surface area contributed by atoms with Gasteiger partial charge < -0.3 is 5.32 Å². The smallest absolute Gasteiger partial charge is 0.260 e. The molecule has 6 nitrogen and oxygen atoms in total. The molecule has 0 aliphatic heterocycles. The summed E-state index contributed by atoms with van der Waals surface area (Å²) in [5.74, 6) is -0.0213. The number of aromatic nitrogens is 4.